The van der Waals surface area contributed by atoms with E-state index < -0.39 is 0 Å². The molecule has 0 saturated carbocycles. The molecular formula is C14H27N3O. The summed E-state index contributed by atoms with van der Waals surface area (Å²) in [4.78, 5) is 13.8. The van der Waals surface area contributed by atoms with Gasteiger partial charge >= 0.3 is 0 Å². The minimum Gasteiger partial charge on any atom is -0.337 e. The zero-order chi connectivity index (χ0) is 14.0. The molecule has 0 bridgehead atoms. The maximum atomic E-state index is 11.9. The Labute approximate surface area is 111 Å². The second-order valence-electron chi connectivity index (χ2n) is 3.72. The normalized spacial score (nSPS) is 16.8. The number of likely N-dealkylation sites (tertiary alicyclic amines) is 1. The third-order valence-electron chi connectivity index (χ3n) is 2.50. The number of amides is 1. The van der Waals surface area contributed by atoms with E-state index in [1.54, 1.807) is 0 Å². The molecule has 0 aliphatic carbocycles. The van der Waals surface area contributed by atoms with Gasteiger partial charge in [0, 0.05) is 19.3 Å². The van der Waals surface area contributed by atoms with Crippen molar-refractivity contribution in [2.75, 3.05) is 13.1 Å². The number of allylic oxidation sites excluding steroid dienone is 2. The highest BCUT2D eigenvalue weighted by atomic mass is 16.2. The Kier molecular flexibility index (Phi) is 8.80. The summed E-state index contributed by atoms with van der Waals surface area (Å²) in [5.74, 6) is 0.0995. The van der Waals surface area contributed by atoms with Gasteiger partial charge in [-0.15, -0.1) is 0 Å². The zero-order valence-electron chi connectivity index (χ0n) is 12.3. The lowest BCUT2D eigenvalue weighted by molar-refractivity contribution is -0.126. The summed E-state index contributed by atoms with van der Waals surface area (Å²) in [6.45, 7) is 11.7. The fourth-order valence-corrected chi connectivity index (χ4v) is 1.74. The Morgan fingerprint density at radius 1 is 1.17 bits per heavy atom. The predicted octanol–water partition coefficient (Wildman–Crippen LogP) is 2.56. The Balaban J connectivity index is 0.000000659. The molecule has 104 valence electrons. The number of hydrazine groups is 1. The molecule has 2 aliphatic heterocycles. The molecule has 1 amide bonds. The van der Waals surface area contributed by atoms with Crippen LogP contribution in [0, 0.1) is 0 Å². The molecule has 0 atom stereocenters. The van der Waals surface area contributed by atoms with E-state index in [2.05, 4.69) is 10.9 Å². The van der Waals surface area contributed by atoms with Crippen LogP contribution in [0.4, 0.5) is 0 Å². The molecule has 1 saturated heterocycles. The Morgan fingerprint density at radius 3 is 2.22 bits per heavy atom. The van der Waals surface area contributed by atoms with E-state index in [-0.39, 0.29) is 5.91 Å². The minimum absolute atomic E-state index is 0.0995. The summed E-state index contributed by atoms with van der Waals surface area (Å²) < 4.78 is 0. The summed E-state index contributed by atoms with van der Waals surface area (Å²) in [5.41, 5.74) is 7.44. The lowest BCUT2D eigenvalue weighted by Gasteiger charge is -2.20. The fourth-order valence-electron chi connectivity index (χ4n) is 1.74. The van der Waals surface area contributed by atoms with E-state index in [1.165, 1.54) is 0 Å². The first-order chi connectivity index (χ1) is 8.77. The Bertz CT molecular complexity index is 302. The zero-order valence-corrected chi connectivity index (χ0v) is 12.3. The molecule has 4 heteroatoms. The molecule has 4 nitrogen and oxygen atoms in total. The van der Waals surface area contributed by atoms with Gasteiger partial charge in [0.05, 0.1) is 0 Å². The second-order valence-corrected chi connectivity index (χ2v) is 3.72. The monoisotopic (exact) mass is 253 g/mol. The number of rotatable bonds is 1. The topological polar surface area (TPSA) is 44.4 Å². The van der Waals surface area contributed by atoms with Crippen molar-refractivity contribution in [1.29, 1.82) is 0 Å². The van der Waals surface area contributed by atoms with Crippen molar-refractivity contribution in [3.8, 4) is 0 Å². The first-order valence-electron chi connectivity index (χ1n) is 6.96. The molecule has 0 aromatic carbocycles. The fraction of sp³-hybridized carbons (Fsp3) is 0.643. The van der Waals surface area contributed by atoms with E-state index in [1.807, 2.05) is 51.8 Å². The van der Waals surface area contributed by atoms with Gasteiger partial charge in [-0.3, -0.25) is 10.2 Å². The lowest BCUT2D eigenvalue weighted by Crippen LogP contribution is -2.39. The van der Waals surface area contributed by atoms with Crippen molar-refractivity contribution in [3.05, 3.63) is 23.5 Å². The van der Waals surface area contributed by atoms with Crippen LogP contribution >= 0.6 is 0 Å². The standard InChI is InChI=1S/C10H15N3O.2C2H6/c1-8-6-9(12-11-7-8)10(14)13-4-2-3-5-13;2*1-2/h6-7,11-12H,2-5H2,1H3;2*1-2H3. The SMILES string of the molecule is CC.CC.CC1=CNNC(C(=O)N2CCCC2)=C1. The van der Waals surface area contributed by atoms with Crippen molar-refractivity contribution >= 4 is 5.91 Å². The Hall–Kier alpha value is -1.45. The third kappa shape index (κ3) is 4.82. The molecule has 2 heterocycles. The van der Waals surface area contributed by atoms with Crippen molar-refractivity contribution in [2.24, 2.45) is 0 Å². The summed E-state index contributed by atoms with van der Waals surface area (Å²) >= 11 is 0. The molecule has 0 aromatic rings. The van der Waals surface area contributed by atoms with E-state index in [9.17, 15) is 4.79 Å². The highest BCUT2D eigenvalue weighted by Crippen LogP contribution is 2.12. The van der Waals surface area contributed by atoms with Gasteiger partial charge in [-0.05, 0) is 31.4 Å². The molecule has 2 rings (SSSR count). The van der Waals surface area contributed by atoms with E-state index in [0.717, 1.165) is 31.5 Å². The van der Waals surface area contributed by atoms with Crippen LogP contribution in [0.1, 0.15) is 47.5 Å². The first-order valence-corrected chi connectivity index (χ1v) is 6.96. The lowest BCUT2D eigenvalue weighted by atomic mass is 10.2. The number of nitrogens with one attached hydrogen (secondary N) is 2. The molecule has 18 heavy (non-hydrogen) atoms. The van der Waals surface area contributed by atoms with Crippen molar-refractivity contribution in [1.82, 2.24) is 15.8 Å². The van der Waals surface area contributed by atoms with Gasteiger partial charge in [-0.1, -0.05) is 27.7 Å². The summed E-state index contributed by atoms with van der Waals surface area (Å²) in [6.07, 6.45) is 5.96. The van der Waals surface area contributed by atoms with Gasteiger partial charge in [0.2, 0.25) is 0 Å². The summed E-state index contributed by atoms with van der Waals surface area (Å²) in [5, 5.41) is 0. The van der Waals surface area contributed by atoms with Crippen LogP contribution < -0.4 is 10.9 Å². The van der Waals surface area contributed by atoms with Crippen molar-refractivity contribution < 1.29 is 4.79 Å². The largest absolute Gasteiger partial charge is 0.337 e. The maximum Gasteiger partial charge on any atom is 0.271 e. The average molecular weight is 253 g/mol. The maximum absolute atomic E-state index is 11.9. The van der Waals surface area contributed by atoms with Gasteiger partial charge in [-0.25, -0.2) is 0 Å². The van der Waals surface area contributed by atoms with Crippen LogP contribution in [-0.4, -0.2) is 23.9 Å². The van der Waals surface area contributed by atoms with Crippen LogP contribution in [0.5, 0.6) is 0 Å². The smallest absolute Gasteiger partial charge is 0.271 e. The van der Waals surface area contributed by atoms with Gasteiger partial charge in [0.1, 0.15) is 5.70 Å². The predicted molar refractivity (Wildman–Crippen MR) is 76.6 cm³/mol. The quantitative estimate of drug-likeness (QED) is 0.755. The molecule has 0 radical (unpaired) electrons. The van der Waals surface area contributed by atoms with E-state index in [4.69, 9.17) is 0 Å². The average Bonchev–Trinajstić information content (AvgIpc) is 2.96. The first kappa shape index (κ1) is 16.6. The number of carbonyl (C=O) groups excluding carboxylic acids is 1. The van der Waals surface area contributed by atoms with Gasteiger partial charge in [0.15, 0.2) is 0 Å². The third-order valence-corrected chi connectivity index (χ3v) is 2.50. The summed E-state index contributed by atoms with van der Waals surface area (Å²) in [6, 6.07) is 0. The highest BCUT2D eigenvalue weighted by Gasteiger charge is 2.21. The summed E-state index contributed by atoms with van der Waals surface area (Å²) in [7, 11) is 0. The van der Waals surface area contributed by atoms with Crippen LogP contribution in [0.2, 0.25) is 0 Å². The molecule has 0 spiro atoms. The Morgan fingerprint density at radius 2 is 1.72 bits per heavy atom. The van der Waals surface area contributed by atoms with Crippen molar-refractivity contribution in [2.45, 2.75) is 47.5 Å². The van der Waals surface area contributed by atoms with E-state index >= 15 is 0 Å². The van der Waals surface area contributed by atoms with Crippen molar-refractivity contribution in [3.63, 3.8) is 0 Å². The van der Waals surface area contributed by atoms with Crippen LogP contribution in [-0.2, 0) is 4.79 Å². The van der Waals surface area contributed by atoms with Gasteiger partial charge in [0.25, 0.3) is 5.91 Å². The van der Waals surface area contributed by atoms with Crippen LogP contribution in [0.15, 0.2) is 23.5 Å². The second kappa shape index (κ2) is 9.57. The highest BCUT2D eigenvalue weighted by molar-refractivity contribution is 5.93. The number of hydrogen-bond acceptors (Lipinski definition) is 3. The molecule has 2 N–H and O–H groups in total. The van der Waals surface area contributed by atoms with E-state index in [0.29, 0.717) is 5.70 Å². The molecule has 0 unspecified atom stereocenters. The molecule has 0 aromatic heterocycles. The number of carbonyl (C=O) groups is 1. The molecular weight excluding hydrogens is 226 g/mol. The molecule has 1 fully saturated rings. The van der Waals surface area contributed by atoms with Gasteiger partial charge < -0.3 is 10.3 Å². The molecule has 2 aliphatic rings. The minimum atomic E-state index is 0.0995. The number of nitrogens with zero attached hydrogens (tertiary/aromatic N) is 1. The van der Waals surface area contributed by atoms with Gasteiger partial charge in [-0.2, -0.15) is 0 Å². The number of hydrogen-bond donors (Lipinski definition) is 2. The van der Waals surface area contributed by atoms with Crippen LogP contribution in [0.25, 0.3) is 0 Å². The van der Waals surface area contributed by atoms with Crippen LogP contribution in [0.3, 0.4) is 0 Å².